The first-order valence-electron chi connectivity index (χ1n) is 18.7. The van der Waals surface area contributed by atoms with Gasteiger partial charge in [0.2, 0.25) is 10.3 Å². The second-order valence-electron chi connectivity index (χ2n) is 14.3. The summed E-state index contributed by atoms with van der Waals surface area (Å²) in [5, 5.41) is 16.1. The molecule has 2 saturated carbocycles. The van der Waals surface area contributed by atoms with Gasteiger partial charge in [-0.2, -0.15) is 10.2 Å². The Bertz CT molecular complexity index is 1970. The molecule has 2 fully saturated rings. The lowest BCUT2D eigenvalue weighted by Crippen LogP contribution is -2.26. The van der Waals surface area contributed by atoms with Crippen molar-refractivity contribution >= 4 is 77.2 Å². The highest BCUT2D eigenvalue weighted by Crippen LogP contribution is 2.34. The lowest BCUT2D eigenvalue weighted by atomic mass is 9.89. The minimum atomic E-state index is 0.602. The van der Waals surface area contributed by atoms with Gasteiger partial charge in [0, 0.05) is 35.6 Å². The van der Waals surface area contributed by atoms with E-state index in [0.717, 1.165) is 56.6 Å². The number of hydrogen-bond donors (Lipinski definition) is 2. The van der Waals surface area contributed by atoms with Crippen LogP contribution in [0.5, 0.6) is 0 Å². The van der Waals surface area contributed by atoms with Crippen molar-refractivity contribution in [3.63, 3.8) is 0 Å². The van der Waals surface area contributed by atoms with Gasteiger partial charge in [-0.05, 0) is 97.2 Å². The van der Waals surface area contributed by atoms with Gasteiger partial charge in [-0.1, -0.05) is 97.6 Å². The second-order valence-corrected chi connectivity index (χ2v) is 16.3. The third-order valence-corrected chi connectivity index (χ3v) is 12.6. The monoisotopic (exact) mass is 726 g/mol. The molecular weight excluding hydrogens is 681 g/mol. The summed E-state index contributed by atoms with van der Waals surface area (Å²) in [6.07, 6.45) is 16.5. The van der Waals surface area contributed by atoms with E-state index in [4.69, 9.17) is 31.6 Å². The van der Waals surface area contributed by atoms with E-state index in [9.17, 15) is 0 Å². The first-order chi connectivity index (χ1) is 25.6. The summed E-state index contributed by atoms with van der Waals surface area (Å²) < 4.78 is 2.34. The third kappa shape index (κ3) is 7.98. The molecule has 0 saturated heterocycles. The molecule has 10 heteroatoms. The van der Waals surface area contributed by atoms with E-state index in [-0.39, 0.29) is 0 Å². The number of nitrogens with two attached hydrogens (primary N) is 2. The normalized spacial score (nSPS) is 16.1. The number of aromatic nitrogens is 2. The number of nitrogens with zero attached hydrogens (tertiary/aromatic N) is 6. The average Bonchev–Trinajstić information content (AvgIpc) is 3.82. The standard InChI is InChI=1S/C42H46N8S2/c43-35-21-19-31(23-33(35)25-45-49(27-29-11-3-1-4-12-29)41-47-37-15-7-9-17-39(37)51-41)32-20-22-36(44)34(24-32)26-46-50(28-30-13-5-2-6-14-30)42-48-38-16-8-10-18-40(38)52-42/h7-10,15-26,29-30H,1-6,11-14,27-28,43-44H2/b45-25+,46-26+. The molecular formula is C42H46N8S2. The number of benzene rings is 4. The summed E-state index contributed by atoms with van der Waals surface area (Å²) >= 11 is 3.38. The first-order valence-corrected chi connectivity index (χ1v) is 20.3. The largest absolute Gasteiger partial charge is 0.398 e. The third-order valence-electron chi connectivity index (χ3n) is 10.5. The molecule has 2 aliphatic carbocycles. The Kier molecular flexibility index (Phi) is 10.4. The van der Waals surface area contributed by atoms with Crippen LogP contribution in [0.1, 0.15) is 75.3 Å². The zero-order valence-corrected chi connectivity index (χ0v) is 31.2. The molecule has 0 aliphatic heterocycles. The van der Waals surface area contributed by atoms with Gasteiger partial charge in [-0.25, -0.2) is 20.0 Å². The highest BCUT2D eigenvalue weighted by Gasteiger charge is 2.21. The Hall–Kier alpha value is -4.80. The zero-order chi connectivity index (χ0) is 35.3. The molecule has 2 aromatic heterocycles. The van der Waals surface area contributed by atoms with Gasteiger partial charge in [0.1, 0.15) is 0 Å². The van der Waals surface area contributed by atoms with Crippen molar-refractivity contribution in [3.05, 3.63) is 96.1 Å². The van der Waals surface area contributed by atoms with Crippen molar-refractivity contribution in [2.45, 2.75) is 64.2 Å². The molecule has 0 atom stereocenters. The van der Waals surface area contributed by atoms with Gasteiger partial charge in [0.05, 0.1) is 32.9 Å². The van der Waals surface area contributed by atoms with Crippen LogP contribution in [0.25, 0.3) is 31.6 Å². The van der Waals surface area contributed by atoms with Crippen LogP contribution >= 0.6 is 22.7 Å². The van der Waals surface area contributed by atoms with Crippen LogP contribution in [0, 0.1) is 11.8 Å². The fourth-order valence-corrected chi connectivity index (χ4v) is 9.38. The van der Waals surface area contributed by atoms with E-state index in [1.165, 1.54) is 73.6 Å². The van der Waals surface area contributed by atoms with Crippen molar-refractivity contribution in [2.75, 3.05) is 34.6 Å². The summed E-state index contributed by atoms with van der Waals surface area (Å²) in [6.45, 7) is 1.71. The number of thiazole rings is 2. The number of para-hydroxylation sites is 2. The van der Waals surface area contributed by atoms with E-state index >= 15 is 0 Å². The van der Waals surface area contributed by atoms with Crippen LogP contribution in [0.2, 0.25) is 0 Å². The molecule has 4 aromatic carbocycles. The van der Waals surface area contributed by atoms with Crippen molar-refractivity contribution in [2.24, 2.45) is 22.0 Å². The Morgan fingerprint density at radius 3 is 1.42 bits per heavy atom. The Morgan fingerprint density at radius 1 is 0.577 bits per heavy atom. The highest BCUT2D eigenvalue weighted by atomic mass is 32.1. The SMILES string of the molecule is Nc1ccc(-c2ccc(N)c(/C=N/N(CC3CCCCC3)c3nc4ccccc4s3)c2)cc1/C=N/N(CC1CCCCC1)c1nc2ccccc2s1. The Labute approximate surface area is 313 Å². The van der Waals surface area contributed by atoms with Gasteiger partial charge in [-0.3, -0.25) is 0 Å². The number of nitrogen functional groups attached to an aromatic ring is 2. The van der Waals surface area contributed by atoms with Gasteiger partial charge in [0.25, 0.3) is 0 Å². The molecule has 8 rings (SSSR count). The summed E-state index contributed by atoms with van der Waals surface area (Å²) in [4.78, 5) is 9.91. The van der Waals surface area contributed by atoms with Gasteiger partial charge in [-0.15, -0.1) is 0 Å². The molecule has 0 unspecified atom stereocenters. The molecule has 6 aromatic rings. The first kappa shape index (κ1) is 34.3. The fraction of sp³-hybridized carbons (Fsp3) is 0.333. The molecule has 0 spiro atoms. The minimum absolute atomic E-state index is 0.602. The summed E-state index contributed by atoms with van der Waals surface area (Å²) in [5.41, 5.74) is 20.3. The minimum Gasteiger partial charge on any atom is -0.398 e. The van der Waals surface area contributed by atoms with Gasteiger partial charge < -0.3 is 11.5 Å². The number of hydrogen-bond acceptors (Lipinski definition) is 10. The van der Waals surface area contributed by atoms with Crippen molar-refractivity contribution < 1.29 is 0 Å². The van der Waals surface area contributed by atoms with Gasteiger partial charge in [0.15, 0.2) is 0 Å². The van der Waals surface area contributed by atoms with E-state index in [2.05, 4.69) is 70.7 Å². The van der Waals surface area contributed by atoms with Crippen LogP contribution in [-0.2, 0) is 0 Å². The molecule has 266 valence electrons. The second kappa shape index (κ2) is 15.8. The lowest BCUT2D eigenvalue weighted by molar-refractivity contribution is 0.359. The van der Waals surface area contributed by atoms with Crippen LogP contribution in [0.15, 0.2) is 95.1 Å². The van der Waals surface area contributed by atoms with Crippen molar-refractivity contribution in [1.82, 2.24) is 9.97 Å². The van der Waals surface area contributed by atoms with E-state index in [1.807, 2.05) is 36.7 Å². The maximum Gasteiger partial charge on any atom is 0.207 e. The smallest absolute Gasteiger partial charge is 0.207 e. The fourth-order valence-electron chi connectivity index (χ4n) is 7.51. The number of rotatable bonds is 11. The number of fused-ring (bicyclic) bond motifs is 2. The molecule has 2 heterocycles. The molecule has 0 radical (unpaired) electrons. The Balaban J connectivity index is 1.06. The number of anilines is 4. The predicted molar refractivity (Wildman–Crippen MR) is 223 cm³/mol. The van der Waals surface area contributed by atoms with Crippen LogP contribution in [0.3, 0.4) is 0 Å². The molecule has 0 bridgehead atoms. The summed E-state index contributed by atoms with van der Waals surface area (Å²) in [5.74, 6) is 1.20. The van der Waals surface area contributed by atoms with Crippen molar-refractivity contribution in [3.8, 4) is 11.1 Å². The van der Waals surface area contributed by atoms with E-state index < -0.39 is 0 Å². The lowest BCUT2D eigenvalue weighted by Gasteiger charge is -2.26. The van der Waals surface area contributed by atoms with E-state index in [0.29, 0.717) is 23.2 Å². The average molecular weight is 727 g/mol. The van der Waals surface area contributed by atoms with Crippen LogP contribution in [-0.4, -0.2) is 35.5 Å². The molecule has 8 nitrogen and oxygen atoms in total. The highest BCUT2D eigenvalue weighted by molar-refractivity contribution is 7.22. The molecule has 0 amide bonds. The summed E-state index contributed by atoms with van der Waals surface area (Å²) in [6, 6.07) is 28.9. The number of hydrazone groups is 2. The van der Waals surface area contributed by atoms with Crippen LogP contribution < -0.4 is 21.5 Å². The molecule has 52 heavy (non-hydrogen) atoms. The topological polar surface area (TPSA) is 109 Å². The van der Waals surface area contributed by atoms with Crippen LogP contribution in [0.4, 0.5) is 21.6 Å². The maximum absolute atomic E-state index is 6.56. The zero-order valence-electron chi connectivity index (χ0n) is 29.5. The van der Waals surface area contributed by atoms with Crippen molar-refractivity contribution in [1.29, 1.82) is 0 Å². The van der Waals surface area contributed by atoms with Gasteiger partial charge >= 0.3 is 0 Å². The molecule has 2 aliphatic rings. The predicted octanol–water partition coefficient (Wildman–Crippen LogP) is 10.6. The maximum atomic E-state index is 6.56. The summed E-state index contributed by atoms with van der Waals surface area (Å²) in [7, 11) is 0. The quantitative estimate of drug-likeness (QED) is 0.0781. The molecule has 4 N–H and O–H groups in total. The van der Waals surface area contributed by atoms with E-state index in [1.54, 1.807) is 22.7 Å². The Morgan fingerprint density at radius 2 is 1.00 bits per heavy atom.